The van der Waals surface area contributed by atoms with Crippen molar-refractivity contribution >= 4 is 17.1 Å². The Morgan fingerprint density at radius 1 is 1.09 bits per heavy atom. The average molecular weight is 477 g/mol. The number of fused-ring (bicyclic) bond motifs is 1. The Bertz CT molecular complexity index is 1320. The van der Waals surface area contributed by atoms with Crippen molar-refractivity contribution in [1.29, 1.82) is 0 Å². The number of piperidine rings is 1. The number of aromatic nitrogens is 7. The molecule has 35 heavy (non-hydrogen) atoms. The van der Waals surface area contributed by atoms with Gasteiger partial charge in [0.05, 0.1) is 5.69 Å². The topological polar surface area (TPSA) is 113 Å². The van der Waals surface area contributed by atoms with E-state index in [1.165, 1.54) is 6.33 Å². The number of amides is 1. The zero-order chi connectivity index (χ0) is 24.6. The third-order valence-corrected chi connectivity index (χ3v) is 5.88. The fraction of sp³-hybridized carbons (Fsp3) is 0.417. The second-order valence-electron chi connectivity index (χ2n) is 9.62. The lowest BCUT2D eigenvalue weighted by molar-refractivity contribution is 0.0124. The Morgan fingerprint density at radius 3 is 2.49 bits per heavy atom. The highest BCUT2D eigenvalue weighted by Crippen LogP contribution is 2.34. The van der Waals surface area contributed by atoms with E-state index in [1.807, 2.05) is 62.8 Å². The van der Waals surface area contributed by atoms with Gasteiger partial charge in [0, 0.05) is 44.7 Å². The summed E-state index contributed by atoms with van der Waals surface area (Å²) in [4.78, 5) is 23.1. The van der Waals surface area contributed by atoms with Gasteiger partial charge in [0.15, 0.2) is 0 Å². The summed E-state index contributed by atoms with van der Waals surface area (Å²) < 4.78 is 15.4. The maximum atomic E-state index is 12.4. The number of rotatable bonds is 4. The van der Waals surface area contributed by atoms with E-state index < -0.39 is 5.60 Å². The third kappa shape index (κ3) is 4.79. The standard InChI is InChI=1S/C24H28N8O3/c1-24(2,3)35-23(33)31-11-9-18(10-12-31)34-22-21-20(25-14-26-22)19(13-30(21)4)16-5-7-17(8-6-16)32-15-27-28-29-32/h5-8,13-15,18H,9-12H2,1-4H3. The van der Waals surface area contributed by atoms with Crippen molar-refractivity contribution in [3.05, 3.63) is 43.1 Å². The van der Waals surface area contributed by atoms with Gasteiger partial charge in [-0.05, 0) is 48.9 Å². The van der Waals surface area contributed by atoms with Crippen molar-refractivity contribution < 1.29 is 14.3 Å². The molecule has 0 bridgehead atoms. The van der Waals surface area contributed by atoms with Gasteiger partial charge >= 0.3 is 6.09 Å². The second kappa shape index (κ2) is 8.97. The maximum Gasteiger partial charge on any atom is 0.410 e. The van der Waals surface area contributed by atoms with E-state index in [0.29, 0.717) is 31.8 Å². The van der Waals surface area contributed by atoms with Crippen molar-refractivity contribution in [3.8, 4) is 22.7 Å². The van der Waals surface area contributed by atoms with Crippen LogP contribution in [-0.2, 0) is 11.8 Å². The van der Waals surface area contributed by atoms with Crippen molar-refractivity contribution in [2.45, 2.75) is 45.3 Å². The van der Waals surface area contributed by atoms with Gasteiger partial charge in [-0.15, -0.1) is 5.10 Å². The summed E-state index contributed by atoms with van der Waals surface area (Å²) in [5.41, 5.74) is 4.02. The first-order valence-corrected chi connectivity index (χ1v) is 11.6. The molecule has 0 aliphatic carbocycles. The Balaban J connectivity index is 1.32. The van der Waals surface area contributed by atoms with Crippen LogP contribution in [-0.4, -0.2) is 70.5 Å². The van der Waals surface area contributed by atoms with Crippen LogP contribution in [0.2, 0.25) is 0 Å². The fourth-order valence-corrected chi connectivity index (χ4v) is 4.21. The molecule has 0 N–H and O–H groups in total. The zero-order valence-electron chi connectivity index (χ0n) is 20.2. The quantitative estimate of drug-likeness (QED) is 0.440. The summed E-state index contributed by atoms with van der Waals surface area (Å²) in [5.74, 6) is 0.546. The number of benzene rings is 1. The lowest BCUT2D eigenvalue weighted by Gasteiger charge is -2.33. The van der Waals surface area contributed by atoms with Crippen LogP contribution in [0.5, 0.6) is 5.88 Å². The molecular weight excluding hydrogens is 448 g/mol. The van der Waals surface area contributed by atoms with E-state index in [9.17, 15) is 4.79 Å². The van der Waals surface area contributed by atoms with Crippen LogP contribution < -0.4 is 4.74 Å². The summed E-state index contributed by atoms with van der Waals surface area (Å²) in [5, 5.41) is 11.3. The number of ether oxygens (including phenoxy) is 2. The molecule has 0 radical (unpaired) electrons. The van der Waals surface area contributed by atoms with Crippen LogP contribution in [0.4, 0.5) is 4.79 Å². The van der Waals surface area contributed by atoms with Gasteiger partial charge in [-0.1, -0.05) is 12.1 Å². The van der Waals surface area contributed by atoms with Gasteiger partial charge < -0.3 is 18.9 Å². The molecule has 182 valence electrons. The van der Waals surface area contributed by atoms with Gasteiger partial charge in [0.25, 0.3) is 0 Å². The summed E-state index contributed by atoms with van der Waals surface area (Å²) >= 11 is 0. The summed E-state index contributed by atoms with van der Waals surface area (Å²) in [7, 11) is 1.96. The van der Waals surface area contributed by atoms with Gasteiger partial charge in [-0.2, -0.15) is 4.98 Å². The van der Waals surface area contributed by atoms with Crippen LogP contribution in [0, 0.1) is 0 Å². The van der Waals surface area contributed by atoms with Gasteiger partial charge in [-0.3, -0.25) is 0 Å². The highest BCUT2D eigenvalue weighted by atomic mass is 16.6. The SMILES string of the molecule is Cn1cc(-c2ccc(-n3cnnn3)cc2)c2ncnc(OC3CCN(C(=O)OC(C)(C)C)CC3)c21. The van der Waals surface area contributed by atoms with Crippen molar-refractivity contribution in [2.75, 3.05) is 13.1 Å². The third-order valence-electron chi connectivity index (χ3n) is 5.88. The Labute approximate surface area is 202 Å². The van der Waals surface area contributed by atoms with E-state index in [2.05, 4.69) is 25.5 Å². The van der Waals surface area contributed by atoms with Crippen LogP contribution >= 0.6 is 0 Å². The number of likely N-dealkylation sites (tertiary alicyclic amines) is 1. The van der Waals surface area contributed by atoms with E-state index >= 15 is 0 Å². The molecule has 1 aliphatic heterocycles. The molecule has 1 aromatic carbocycles. The minimum Gasteiger partial charge on any atom is -0.473 e. The van der Waals surface area contributed by atoms with Crippen molar-refractivity contribution in [3.63, 3.8) is 0 Å². The lowest BCUT2D eigenvalue weighted by Crippen LogP contribution is -2.44. The number of carbonyl (C=O) groups excluding carboxylic acids is 1. The number of aryl methyl sites for hydroxylation is 1. The summed E-state index contributed by atoms with van der Waals surface area (Å²) in [6.45, 7) is 6.79. The number of carbonyl (C=O) groups is 1. The largest absolute Gasteiger partial charge is 0.473 e. The first kappa shape index (κ1) is 22.8. The van der Waals surface area contributed by atoms with Gasteiger partial charge in [0.1, 0.15) is 35.4 Å². The molecule has 4 aromatic rings. The van der Waals surface area contributed by atoms with Crippen LogP contribution in [0.15, 0.2) is 43.1 Å². The zero-order valence-corrected chi connectivity index (χ0v) is 20.2. The second-order valence-corrected chi connectivity index (χ2v) is 9.62. The molecule has 5 rings (SSSR count). The highest BCUT2D eigenvalue weighted by Gasteiger charge is 2.28. The van der Waals surface area contributed by atoms with Crippen LogP contribution in [0.25, 0.3) is 27.8 Å². The molecule has 1 amide bonds. The molecule has 1 fully saturated rings. The highest BCUT2D eigenvalue weighted by molar-refractivity contribution is 5.95. The number of hydrogen-bond donors (Lipinski definition) is 0. The normalized spacial score (nSPS) is 14.9. The minimum absolute atomic E-state index is 0.0410. The first-order chi connectivity index (χ1) is 16.8. The van der Waals surface area contributed by atoms with E-state index in [0.717, 1.165) is 27.8 Å². The first-order valence-electron chi connectivity index (χ1n) is 11.6. The van der Waals surface area contributed by atoms with Gasteiger partial charge in [0.2, 0.25) is 5.88 Å². The van der Waals surface area contributed by atoms with Crippen LogP contribution in [0.3, 0.4) is 0 Å². The number of hydrogen-bond acceptors (Lipinski definition) is 8. The molecule has 11 nitrogen and oxygen atoms in total. The van der Waals surface area contributed by atoms with E-state index in [-0.39, 0.29) is 12.2 Å². The smallest absolute Gasteiger partial charge is 0.410 e. The molecule has 11 heteroatoms. The molecule has 0 spiro atoms. The van der Waals surface area contributed by atoms with Crippen molar-refractivity contribution in [2.24, 2.45) is 7.05 Å². The predicted octanol–water partition coefficient (Wildman–Crippen LogP) is 3.39. The fourth-order valence-electron chi connectivity index (χ4n) is 4.21. The molecule has 0 atom stereocenters. The Hall–Kier alpha value is -4.02. The molecule has 0 saturated carbocycles. The number of tetrazole rings is 1. The Morgan fingerprint density at radius 2 is 1.83 bits per heavy atom. The van der Waals surface area contributed by atoms with Gasteiger partial charge in [-0.25, -0.2) is 14.5 Å². The summed E-state index contributed by atoms with van der Waals surface area (Å²) in [6, 6.07) is 7.95. The molecule has 4 heterocycles. The molecule has 1 aliphatic rings. The predicted molar refractivity (Wildman–Crippen MR) is 128 cm³/mol. The molecule has 0 unspecified atom stereocenters. The number of nitrogens with zero attached hydrogens (tertiary/aromatic N) is 8. The van der Waals surface area contributed by atoms with E-state index in [1.54, 1.807) is 15.9 Å². The van der Waals surface area contributed by atoms with Crippen LogP contribution in [0.1, 0.15) is 33.6 Å². The Kier molecular flexibility index (Phi) is 5.83. The maximum absolute atomic E-state index is 12.4. The molecule has 1 saturated heterocycles. The summed E-state index contributed by atoms with van der Waals surface area (Å²) in [6.07, 6.45) is 6.22. The molecular formula is C24H28N8O3. The monoisotopic (exact) mass is 476 g/mol. The lowest BCUT2D eigenvalue weighted by atomic mass is 10.1. The molecule has 3 aromatic heterocycles. The van der Waals surface area contributed by atoms with E-state index in [4.69, 9.17) is 9.47 Å². The average Bonchev–Trinajstić information content (AvgIpc) is 3.48. The van der Waals surface area contributed by atoms with Crippen molar-refractivity contribution in [1.82, 2.24) is 39.6 Å². The minimum atomic E-state index is -0.505.